The second kappa shape index (κ2) is 4.22. The van der Waals surface area contributed by atoms with E-state index < -0.39 is 0 Å². The molecule has 1 aliphatic heterocycles. The Balaban J connectivity index is 2.47. The molecule has 0 saturated carbocycles. The van der Waals surface area contributed by atoms with Crippen LogP contribution in [-0.2, 0) is 3.55 Å². The van der Waals surface area contributed by atoms with Gasteiger partial charge < -0.3 is 4.90 Å². The third-order valence-electron chi connectivity index (χ3n) is 4.21. The minimum absolute atomic E-state index is 0.0501. The van der Waals surface area contributed by atoms with Crippen LogP contribution in [0.1, 0.15) is 35.4 Å². The molecule has 100 valence electrons. The Hall–Kier alpha value is -0.550. The summed E-state index contributed by atoms with van der Waals surface area (Å²) in [6.07, 6.45) is 2.35. The third kappa shape index (κ3) is 1.77. The van der Waals surface area contributed by atoms with Gasteiger partial charge in [-0.3, -0.25) is 0 Å². The first-order valence-corrected chi connectivity index (χ1v) is 8.37. The van der Waals surface area contributed by atoms with Crippen LogP contribution in [0, 0.1) is 13.8 Å². The van der Waals surface area contributed by atoms with E-state index >= 15 is 0 Å². The van der Waals surface area contributed by atoms with Crippen LogP contribution < -0.4 is 0 Å². The highest BCUT2D eigenvalue weighted by Crippen LogP contribution is 2.50. The van der Waals surface area contributed by atoms with E-state index in [0.717, 1.165) is 0 Å². The Kier molecular flexibility index (Phi) is 2.98. The minimum atomic E-state index is 0.0501. The van der Waals surface area contributed by atoms with Crippen molar-refractivity contribution in [3.8, 4) is 0 Å². The van der Waals surface area contributed by atoms with Gasteiger partial charge in [0.15, 0.2) is 0 Å². The van der Waals surface area contributed by atoms with Crippen molar-refractivity contribution in [3.05, 3.63) is 39.4 Å². The molecule has 1 aromatic heterocycles. The van der Waals surface area contributed by atoms with Crippen LogP contribution in [0.4, 0.5) is 0 Å². The summed E-state index contributed by atoms with van der Waals surface area (Å²) < 4.78 is 1.50. The molecular weight excluding hydrogens is 365 g/mol. The van der Waals surface area contributed by atoms with Gasteiger partial charge in [0.1, 0.15) is 3.55 Å². The minimum Gasteiger partial charge on any atom is -0.359 e. The summed E-state index contributed by atoms with van der Waals surface area (Å²) in [7, 11) is 2.19. The van der Waals surface area contributed by atoms with Crippen LogP contribution in [0.15, 0.2) is 17.8 Å². The summed E-state index contributed by atoms with van der Waals surface area (Å²) in [4.78, 5) is 3.85. The predicted molar refractivity (Wildman–Crippen MR) is 94.1 cm³/mol. The van der Waals surface area contributed by atoms with Gasteiger partial charge in [-0.15, -0.1) is 11.3 Å². The molecule has 0 radical (unpaired) electrons. The quantitative estimate of drug-likeness (QED) is 0.333. The van der Waals surface area contributed by atoms with E-state index in [1.54, 1.807) is 0 Å². The molecule has 2 heterocycles. The molecule has 3 rings (SSSR count). The van der Waals surface area contributed by atoms with E-state index in [2.05, 4.69) is 80.4 Å². The number of hydrogen-bond acceptors (Lipinski definition) is 2. The Morgan fingerprint density at radius 2 is 1.79 bits per heavy atom. The summed E-state index contributed by atoms with van der Waals surface area (Å²) >= 11 is 4.54. The summed E-state index contributed by atoms with van der Waals surface area (Å²) in [5.74, 6) is 0. The molecule has 2 aromatic rings. The smallest absolute Gasteiger partial charge is 0.124 e. The standard InChI is InChI=1S/C16H18INS/c1-9-6-7-10(2)14-13(9)12-8-11(3)18(5)16(4,17)15(12)19-14/h6-8H,1-5H3. The normalized spacial score (nSPS) is 22.6. The van der Waals surface area contributed by atoms with Crippen LogP contribution in [0.3, 0.4) is 0 Å². The fourth-order valence-corrected chi connectivity index (χ4v) is 5.19. The number of nitrogens with zero attached hydrogens (tertiary/aromatic N) is 1. The number of fused-ring (bicyclic) bond motifs is 3. The van der Waals surface area contributed by atoms with Crippen molar-refractivity contribution in [2.45, 2.75) is 31.2 Å². The van der Waals surface area contributed by atoms with Crippen LogP contribution in [0.2, 0.25) is 0 Å². The van der Waals surface area contributed by atoms with Gasteiger partial charge in [-0.25, -0.2) is 0 Å². The first-order chi connectivity index (χ1) is 8.84. The molecule has 3 heteroatoms. The van der Waals surface area contributed by atoms with Crippen molar-refractivity contribution in [2.75, 3.05) is 7.05 Å². The Morgan fingerprint density at radius 1 is 1.16 bits per heavy atom. The third-order valence-corrected chi connectivity index (χ3v) is 7.39. The first kappa shape index (κ1) is 13.4. The lowest BCUT2D eigenvalue weighted by atomic mass is 9.97. The molecule has 1 unspecified atom stereocenters. The number of hydrogen-bond donors (Lipinski definition) is 0. The van der Waals surface area contributed by atoms with Gasteiger partial charge in [-0.2, -0.15) is 0 Å². The van der Waals surface area contributed by atoms with Gasteiger partial charge in [-0.1, -0.05) is 12.1 Å². The van der Waals surface area contributed by atoms with E-state index in [1.807, 2.05) is 11.3 Å². The summed E-state index contributed by atoms with van der Waals surface area (Å²) in [5, 5.41) is 1.45. The van der Waals surface area contributed by atoms with Gasteiger partial charge in [-0.05, 0) is 67.5 Å². The largest absolute Gasteiger partial charge is 0.359 e. The van der Waals surface area contributed by atoms with Crippen molar-refractivity contribution in [1.82, 2.24) is 4.90 Å². The summed E-state index contributed by atoms with van der Waals surface area (Å²) in [6, 6.07) is 4.49. The van der Waals surface area contributed by atoms with Crippen LogP contribution in [0.5, 0.6) is 0 Å². The van der Waals surface area contributed by atoms with Gasteiger partial charge in [0.25, 0.3) is 0 Å². The van der Waals surface area contributed by atoms with Crippen molar-refractivity contribution < 1.29 is 0 Å². The van der Waals surface area contributed by atoms with E-state index in [0.29, 0.717) is 0 Å². The van der Waals surface area contributed by atoms with E-state index in [-0.39, 0.29) is 3.55 Å². The lowest BCUT2D eigenvalue weighted by Crippen LogP contribution is -2.36. The number of thiophene rings is 1. The monoisotopic (exact) mass is 383 g/mol. The molecule has 1 aromatic carbocycles. The average molecular weight is 383 g/mol. The highest BCUT2D eigenvalue weighted by Gasteiger charge is 2.36. The Labute approximate surface area is 132 Å². The number of aryl methyl sites for hydroxylation is 2. The number of benzene rings is 1. The maximum atomic E-state index is 2.58. The van der Waals surface area contributed by atoms with Crippen LogP contribution in [-0.4, -0.2) is 11.9 Å². The topological polar surface area (TPSA) is 3.24 Å². The fourth-order valence-electron chi connectivity index (χ4n) is 2.79. The first-order valence-electron chi connectivity index (χ1n) is 6.48. The number of alkyl halides is 1. The number of halogens is 1. The van der Waals surface area contributed by atoms with E-state index in [4.69, 9.17) is 0 Å². The van der Waals surface area contributed by atoms with Crippen molar-refractivity contribution in [3.63, 3.8) is 0 Å². The molecular formula is C16H18INS. The Bertz CT molecular complexity index is 709. The molecule has 0 fully saturated rings. The molecule has 0 N–H and O–H groups in total. The van der Waals surface area contributed by atoms with E-state index in [9.17, 15) is 0 Å². The summed E-state index contributed by atoms with van der Waals surface area (Å²) in [6.45, 7) is 8.95. The second-order valence-electron chi connectivity index (χ2n) is 5.55. The number of allylic oxidation sites excluding steroid dienone is 1. The molecule has 0 amide bonds. The van der Waals surface area contributed by atoms with Crippen molar-refractivity contribution in [1.29, 1.82) is 0 Å². The molecule has 19 heavy (non-hydrogen) atoms. The molecule has 0 spiro atoms. The average Bonchev–Trinajstić information content (AvgIpc) is 2.73. The van der Waals surface area contributed by atoms with Gasteiger partial charge in [0.05, 0.1) is 0 Å². The maximum Gasteiger partial charge on any atom is 0.124 e. The maximum absolute atomic E-state index is 2.58. The zero-order valence-electron chi connectivity index (χ0n) is 12.0. The van der Waals surface area contributed by atoms with Crippen LogP contribution in [0.25, 0.3) is 16.2 Å². The molecule has 1 nitrogen and oxygen atoms in total. The highest BCUT2D eigenvalue weighted by atomic mass is 127. The molecule has 0 aliphatic carbocycles. The zero-order chi connectivity index (χ0) is 13.9. The lowest BCUT2D eigenvalue weighted by Gasteiger charge is -2.39. The zero-order valence-corrected chi connectivity index (χ0v) is 14.9. The Morgan fingerprint density at radius 3 is 2.47 bits per heavy atom. The van der Waals surface area contributed by atoms with Crippen molar-refractivity contribution in [2.24, 2.45) is 0 Å². The molecule has 0 saturated heterocycles. The highest BCUT2D eigenvalue weighted by molar-refractivity contribution is 14.1. The fraction of sp³-hybridized carbons (Fsp3) is 0.375. The number of rotatable bonds is 0. The molecule has 1 atom stereocenters. The molecule has 0 bridgehead atoms. The predicted octanol–water partition coefficient (Wildman–Crippen LogP) is 5.43. The van der Waals surface area contributed by atoms with Crippen LogP contribution >= 0.6 is 33.9 Å². The summed E-state index contributed by atoms with van der Waals surface area (Å²) in [5.41, 5.74) is 5.55. The van der Waals surface area contributed by atoms with Gasteiger partial charge in [0, 0.05) is 33.3 Å². The SMILES string of the molecule is CC1=Cc2c(sc3c(C)ccc(C)c23)C(C)(I)N1C. The van der Waals surface area contributed by atoms with E-state index in [1.165, 1.54) is 37.4 Å². The second-order valence-corrected chi connectivity index (χ2v) is 8.67. The van der Waals surface area contributed by atoms with Gasteiger partial charge in [0.2, 0.25) is 0 Å². The van der Waals surface area contributed by atoms with Gasteiger partial charge >= 0.3 is 0 Å². The lowest BCUT2D eigenvalue weighted by molar-refractivity contribution is 0.314. The van der Waals surface area contributed by atoms with Crippen molar-refractivity contribution >= 4 is 50.1 Å². The molecule has 1 aliphatic rings.